The number of amides is 2. The van der Waals surface area contributed by atoms with Crippen molar-refractivity contribution in [2.45, 2.75) is 38.0 Å². The smallest absolute Gasteiger partial charge is 0.322 e. The van der Waals surface area contributed by atoms with Crippen molar-refractivity contribution in [2.75, 3.05) is 11.9 Å². The molecule has 2 aliphatic rings. The lowest BCUT2D eigenvalue weighted by atomic mass is 9.88. The third kappa shape index (κ3) is 3.68. The molecule has 1 aliphatic heterocycles. The van der Waals surface area contributed by atoms with Crippen LogP contribution >= 0.6 is 0 Å². The topological polar surface area (TPSA) is 61.8 Å². The van der Waals surface area contributed by atoms with E-state index in [1.807, 2.05) is 59.5 Å². The van der Waals surface area contributed by atoms with Crippen molar-refractivity contribution in [3.05, 3.63) is 60.2 Å². The fourth-order valence-corrected chi connectivity index (χ4v) is 4.07. The monoisotopic (exact) mass is 352 g/mol. The van der Waals surface area contributed by atoms with Crippen molar-refractivity contribution >= 4 is 11.7 Å². The van der Waals surface area contributed by atoms with Gasteiger partial charge in [-0.05, 0) is 42.9 Å². The molecule has 5 nitrogen and oxygen atoms in total. The molecule has 0 aromatic heterocycles. The number of benzene rings is 2. The minimum atomic E-state index is -0.280. The highest BCUT2D eigenvalue weighted by molar-refractivity contribution is 5.91. The molecule has 3 unspecified atom stereocenters. The molecular formula is C21H24N2O3. The minimum Gasteiger partial charge on any atom is -0.487 e. The molecule has 5 heteroatoms. The lowest BCUT2D eigenvalue weighted by molar-refractivity contribution is 0.103. The summed E-state index contributed by atoms with van der Waals surface area (Å²) in [6, 6.07) is 17.5. The molecule has 1 saturated carbocycles. The number of rotatable bonds is 4. The quantitative estimate of drug-likeness (QED) is 0.883. The van der Waals surface area contributed by atoms with E-state index >= 15 is 0 Å². The van der Waals surface area contributed by atoms with E-state index in [1.54, 1.807) is 0 Å². The van der Waals surface area contributed by atoms with Crippen LogP contribution in [0.2, 0.25) is 0 Å². The summed E-state index contributed by atoms with van der Waals surface area (Å²) in [5, 5.41) is 12.9. The Morgan fingerprint density at radius 1 is 1.08 bits per heavy atom. The summed E-state index contributed by atoms with van der Waals surface area (Å²) in [4.78, 5) is 14.6. The zero-order valence-electron chi connectivity index (χ0n) is 14.7. The SMILES string of the molecule is O=C(Nc1ccccc1OCc1ccccc1)N1CC2CC(O)CC1C2. The highest BCUT2D eigenvalue weighted by Crippen LogP contribution is 2.36. The van der Waals surface area contributed by atoms with Crippen molar-refractivity contribution in [1.29, 1.82) is 0 Å². The molecule has 2 aromatic carbocycles. The summed E-state index contributed by atoms with van der Waals surface area (Å²) < 4.78 is 5.92. The maximum Gasteiger partial charge on any atom is 0.322 e. The number of aliphatic hydroxyl groups is 1. The molecule has 1 heterocycles. The van der Waals surface area contributed by atoms with Gasteiger partial charge in [-0.1, -0.05) is 42.5 Å². The van der Waals surface area contributed by atoms with Gasteiger partial charge in [0.25, 0.3) is 0 Å². The second-order valence-electron chi connectivity index (χ2n) is 7.23. The fourth-order valence-electron chi connectivity index (χ4n) is 4.07. The summed E-state index contributed by atoms with van der Waals surface area (Å²) in [7, 11) is 0. The summed E-state index contributed by atoms with van der Waals surface area (Å²) in [5.74, 6) is 1.07. The van der Waals surface area contributed by atoms with Gasteiger partial charge in [0.15, 0.2) is 0 Å². The van der Waals surface area contributed by atoms with E-state index in [4.69, 9.17) is 4.74 Å². The van der Waals surface area contributed by atoms with Crippen LogP contribution in [0.1, 0.15) is 24.8 Å². The standard InChI is InChI=1S/C21H24N2O3/c24-18-11-16-10-17(12-18)23(13-16)21(25)22-19-8-4-5-9-20(19)26-14-15-6-2-1-3-7-15/h1-9,16-18,24H,10-14H2,(H,22,25). The number of para-hydroxylation sites is 2. The van der Waals surface area contributed by atoms with Crippen LogP contribution in [0.5, 0.6) is 5.75 Å². The van der Waals surface area contributed by atoms with Crippen molar-refractivity contribution in [3.63, 3.8) is 0 Å². The summed E-state index contributed by atoms with van der Waals surface area (Å²) in [6.07, 6.45) is 2.20. The lowest BCUT2D eigenvalue weighted by Crippen LogP contribution is -2.39. The number of anilines is 1. The largest absolute Gasteiger partial charge is 0.487 e. The average Bonchev–Trinajstić information content (AvgIpc) is 2.96. The van der Waals surface area contributed by atoms with E-state index in [-0.39, 0.29) is 18.2 Å². The number of ether oxygens (including phenoxy) is 1. The summed E-state index contributed by atoms with van der Waals surface area (Å²) in [5.41, 5.74) is 1.76. The fraction of sp³-hybridized carbons (Fsp3) is 0.381. The van der Waals surface area contributed by atoms with Crippen LogP contribution in [0.3, 0.4) is 0 Å². The highest BCUT2D eigenvalue weighted by atomic mass is 16.5. The first-order valence-corrected chi connectivity index (χ1v) is 9.20. The number of urea groups is 1. The molecule has 1 saturated heterocycles. The third-order valence-corrected chi connectivity index (χ3v) is 5.28. The summed E-state index contributed by atoms with van der Waals surface area (Å²) in [6.45, 7) is 1.18. The molecular weight excluding hydrogens is 328 g/mol. The van der Waals surface area contributed by atoms with Crippen molar-refractivity contribution in [3.8, 4) is 5.75 Å². The Morgan fingerprint density at radius 2 is 1.85 bits per heavy atom. The summed E-state index contributed by atoms with van der Waals surface area (Å²) >= 11 is 0. The number of hydrogen-bond donors (Lipinski definition) is 2. The second-order valence-corrected chi connectivity index (χ2v) is 7.23. The normalized spacial score (nSPS) is 24.3. The van der Waals surface area contributed by atoms with Gasteiger partial charge in [0.2, 0.25) is 0 Å². The number of carbonyl (C=O) groups excluding carboxylic acids is 1. The zero-order chi connectivity index (χ0) is 17.9. The van der Waals surface area contributed by atoms with Crippen molar-refractivity contribution in [1.82, 2.24) is 4.90 Å². The van der Waals surface area contributed by atoms with E-state index < -0.39 is 0 Å². The van der Waals surface area contributed by atoms with Crippen LogP contribution < -0.4 is 10.1 Å². The Labute approximate surface area is 153 Å². The van der Waals surface area contributed by atoms with E-state index in [0.717, 1.165) is 24.9 Å². The average molecular weight is 352 g/mol. The number of fused-ring (bicyclic) bond motifs is 2. The Bertz CT molecular complexity index is 765. The van der Waals surface area contributed by atoms with Crippen molar-refractivity contribution < 1.29 is 14.6 Å². The van der Waals surface area contributed by atoms with Gasteiger partial charge in [-0.15, -0.1) is 0 Å². The third-order valence-electron chi connectivity index (χ3n) is 5.28. The van der Waals surface area contributed by atoms with Gasteiger partial charge in [-0.2, -0.15) is 0 Å². The molecule has 1 aliphatic carbocycles. The maximum absolute atomic E-state index is 12.8. The predicted octanol–water partition coefficient (Wildman–Crippen LogP) is 3.64. The van der Waals surface area contributed by atoms with Gasteiger partial charge >= 0.3 is 6.03 Å². The zero-order valence-corrected chi connectivity index (χ0v) is 14.7. The van der Waals surface area contributed by atoms with Gasteiger partial charge in [-0.3, -0.25) is 0 Å². The Morgan fingerprint density at radius 3 is 2.69 bits per heavy atom. The number of likely N-dealkylation sites (tertiary alicyclic amines) is 1. The van der Waals surface area contributed by atoms with Gasteiger partial charge in [-0.25, -0.2) is 4.79 Å². The number of carbonyl (C=O) groups is 1. The first kappa shape index (κ1) is 16.9. The molecule has 0 spiro atoms. The Balaban J connectivity index is 1.42. The molecule has 2 amide bonds. The number of hydrogen-bond acceptors (Lipinski definition) is 3. The molecule has 2 N–H and O–H groups in total. The first-order valence-electron chi connectivity index (χ1n) is 9.20. The molecule has 2 fully saturated rings. The minimum absolute atomic E-state index is 0.109. The van der Waals surface area contributed by atoms with E-state index in [1.165, 1.54) is 0 Å². The molecule has 4 rings (SSSR count). The number of nitrogens with zero attached hydrogens (tertiary/aromatic N) is 1. The molecule has 26 heavy (non-hydrogen) atoms. The van der Waals surface area contributed by atoms with Crippen LogP contribution in [-0.2, 0) is 6.61 Å². The Hall–Kier alpha value is -2.53. The second kappa shape index (κ2) is 7.38. The van der Waals surface area contributed by atoms with Crippen LogP contribution in [0.15, 0.2) is 54.6 Å². The van der Waals surface area contributed by atoms with Crippen LogP contribution in [0.25, 0.3) is 0 Å². The van der Waals surface area contributed by atoms with Crippen LogP contribution in [0, 0.1) is 5.92 Å². The van der Waals surface area contributed by atoms with Gasteiger partial charge in [0.1, 0.15) is 12.4 Å². The van der Waals surface area contributed by atoms with E-state index in [9.17, 15) is 9.90 Å². The number of nitrogens with one attached hydrogen (secondary N) is 1. The van der Waals surface area contributed by atoms with Crippen LogP contribution in [0.4, 0.5) is 10.5 Å². The first-order chi connectivity index (χ1) is 12.7. The van der Waals surface area contributed by atoms with Gasteiger partial charge < -0.3 is 20.1 Å². The molecule has 3 atom stereocenters. The lowest BCUT2D eigenvalue weighted by Gasteiger charge is -2.27. The molecule has 136 valence electrons. The van der Waals surface area contributed by atoms with Gasteiger partial charge in [0, 0.05) is 12.6 Å². The van der Waals surface area contributed by atoms with E-state index in [0.29, 0.717) is 30.4 Å². The highest BCUT2D eigenvalue weighted by Gasteiger charge is 2.41. The van der Waals surface area contributed by atoms with Crippen LogP contribution in [-0.4, -0.2) is 34.7 Å². The Kier molecular flexibility index (Phi) is 4.80. The maximum atomic E-state index is 12.8. The van der Waals surface area contributed by atoms with Gasteiger partial charge in [0.05, 0.1) is 11.8 Å². The molecule has 2 bridgehead atoms. The van der Waals surface area contributed by atoms with Crippen molar-refractivity contribution in [2.24, 2.45) is 5.92 Å². The molecule has 2 aromatic rings. The molecule has 0 radical (unpaired) electrons. The van der Waals surface area contributed by atoms with E-state index in [2.05, 4.69) is 5.32 Å². The number of aliphatic hydroxyl groups excluding tert-OH is 1. The predicted molar refractivity (Wildman–Crippen MR) is 100 cm³/mol.